The summed E-state index contributed by atoms with van der Waals surface area (Å²) in [6, 6.07) is 9.64. The Morgan fingerprint density at radius 1 is 1.11 bits per heavy atom. The smallest absolute Gasteiger partial charge is 0.408 e. The van der Waals surface area contributed by atoms with Gasteiger partial charge in [0.2, 0.25) is 5.91 Å². The van der Waals surface area contributed by atoms with Crippen LogP contribution in [-0.4, -0.2) is 41.8 Å². The van der Waals surface area contributed by atoms with Crippen molar-refractivity contribution in [2.45, 2.75) is 64.0 Å². The van der Waals surface area contributed by atoms with Crippen molar-refractivity contribution in [1.29, 1.82) is 0 Å². The molecule has 2 amide bonds. The Labute approximate surface area is 214 Å². The Bertz CT molecular complexity index is 1010. The van der Waals surface area contributed by atoms with Gasteiger partial charge >= 0.3 is 12.3 Å². The van der Waals surface area contributed by atoms with Crippen molar-refractivity contribution in [3.63, 3.8) is 0 Å². The molecule has 0 spiro atoms. The zero-order chi connectivity index (χ0) is 26.8. The molecule has 5 N–H and O–H groups in total. The number of amides is 2. The fraction of sp³-hybridized carbons (Fsp3) is 0.500. The van der Waals surface area contributed by atoms with Gasteiger partial charge in [0.1, 0.15) is 24.5 Å². The molecule has 1 heterocycles. The Morgan fingerprint density at radius 2 is 1.81 bits per heavy atom. The molecule has 0 radical (unpaired) electrons. The van der Waals surface area contributed by atoms with Crippen LogP contribution in [0.4, 0.5) is 23.8 Å². The van der Waals surface area contributed by atoms with E-state index in [9.17, 15) is 22.8 Å². The summed E-state index contributed by atoms with van der Waals surface area (Å²) in [4.78, 5) is 30.0. The number of halogens is 3. The number of hydrogen-bond donors (Lipinski definition) is 4. The molecular weight excluding hydrogens is 487 g/mol. The van der Waals surface area contributed by atoms with Gasteiger partial charge in [0.05, 0.1) is 0 Å². The molecule has 202 valence electrons. The second kappa shape index (κ2) is 13.4. The molecule has 2 aromatic rings. The maximum atomic E-state index is 13.2. The van der Waals surface area contributed by atoms with Crippen molar-refractivity contribution in [1.82, 2.24) is 15.6 Å². The quantitative estimate of drug-likeness (QED) is 0.374. The van der Waals surface area contributed by atoms with Crippen LogP contribution in [0.5, 0.6) is 0 Å². The number of nitrogens with zero attached hydrogens (tertiary/aromatic N) is 1. The van der Waals surface area contributed by atoms with Crippen LogP contribution < -0.4 is 21.7 Å². The summed E-state index contributed by atoms with van der Waals surface area (Å²) in [5.41, 5.74) is 6.57. The van der Waals surface area contributed by atoms with E-state index in [1.54, 1.807) is 12.1 Å². The third kappa shape index (κ3) is 9.32. The molecule has 1 fully saturated rings. The number of nitrogens with two attached hydrogens (primary N) is 1. The Kier molecular flexibility index (Phi) is 10.3. The van der Waals surface area contributed by atoms with Crippen molar-refractivity contribution in [3.05, 3.63) is 59.8 Å². The topological polar surface area (TPSA) is 118 Å². The highest BCUT2D eigenvalue weighted by Crippen LogP contribution is 2.31. The number of hydrogen-bond acceptors (Lipinski definition) is 6. The molecule has 1 aliphatic rings. The summed E-state index contributed by atoms with van der Waals surface area (Å²) in [5.74, 6) is 0.307. The van der Waals surface area contributed by atoms with Crippen LogP contribution in [0.15, 0.2) is 48.7 Å². The van der Waals surface area contributed by atoms with Crippen LogP contribution in [0.2, 0.25) is 0 Å². The second-order valence-corrected chi connectivity index (χ2v) is 9.52. The molecule has 3 rings (SSSR count). The first-order chi connectivity index (χ1) is 17.6. The van der Waals surface area contributed by atoms with E-state index < -0.39 is 36.8 Å². The Morgan fingerprint density at radius 3 is 2.49 bits per heavy atom. The first-order valence-corrected chi connectivity index (χ1v) is 12.4. The lowest BCUT2D eigenvalue weighted by Crippen LogP contribution is -2.49. The van der Waals surface area contributed by atoms with Gasteiger partial charge in [-0.15, -0.1) is 0 Å². The highest BCUT2D eigenvalue weighted by Gasteiger charge is 2.36. The van der Waals surface area contributed by atoms with Gasteiger partial charge in [-0.05, 0) is 47.9 Å². The van der Waals surface area contributed by atoms with Crippen LogP contribution in [0.3, 0.4) is 0 Å². The predicted octanol–water partition coefficient (Wildman–Crippen LogP) is 4.12. The molecule has 0 aliphatic heterocycles. The molecule has 1 aromatic carbocycles. The van der Waals surface area contributed by atoms with Crippen molar-refractivity contribution in [2.75, 3.05) is 11.9 Å². The number of carbonyl (C=O) groups excluding carboxylic acids is 2. The minimum Gasteiger partial charge on any atom is -0.445 e. The summed E-state index contributed by atoms with van der Waals surface area (Å²) in [5, 5.41) is 8.14. The lowest BCUT2D eigenvalue weighted by atomic mass is 9.79. The fourth-order valence-corrected chi connectivity index (χ4v) is 4.25. The summed E-state index contributed by atoms with van der Waals surface area (Å²) in [7, 11) is 0. The van der Waals surface area contributed by atoms with Gasteiger partial charge in [-0.1, -0.05) is 50.1 Å². The molecule has 1 saturated carbocycles. The number of aromatic nitrogens is 1. The average molecular weight is 522 g/mol. The zero-order valence-corrected chi connectivity index (χ0v) is 20.8. The molecule has 0 saturated heterocycles. The minimum atomic E-state index is -4.48. The predicted molar refractivity (Wildman–Crippen MR) is 133 cm³/mol. The zero-order valence-electron chi connectivity index (χ0n) is 20.8. The average Bonchev–Trinajstić information content (AvgIpc) is 2.87. The van der Waals surface area contributed by atoms with Gasteiger partial charge in [-0.2, -0.15) is 13.2 Å². The number of alkyl carbamates (subject to hydrolysis) is 1. The lowest BCUT2D eigenvalue weighted by molar-refractivity contribution is -0.146. The first kappa shape index (κ1) is 28.4. The third-order valence-corrected chi connectivity index (χ3v) is 6.49. The van der Waals surface area contributed by atoms with E-state index in [0.717, 1.165) is 31.2 Å². The molecule has 8 nitrogen and oxygen atoms in total. The second-order valence-electron chi connectivity index (χ2n) is 9.52. The monoisotopic (exact) mass is 521 g/mol. The standard InChI is InChI=1S/C26H34F3N5O3/c1-17-7-9-20(10-8-17)23(34-25(36)37-16-18-5-3-2-4-6-18)24(35)33-22-13-19(11-12-32-22)14-31-15-21(30)26(27,28)29/h2-6,11-13,17,20-21,23,31H,7-10,14-16,30H2,1H3,(H,34,36)(H,32,33,35)/t17?,20?,21-,23-/m0/s1. The van der Waals surface area contributed by atoms with Gasteiger partial charge in [0.15, 0.2) is 0 Å². The summed E-state index contributed by atoms with van der Waals surface area (Å²) in [6.45, 7) is 1.92. The number of anilines is 1. The van der Waals surface area contributed by atoms with Crippen LogP contribution in [-0.2, 0) is 22.7 Å². The largest absolute Gasteiger partial charge is 0.445 e. The number of nitrogens with one attached hydrogen (secondary N) is 3. The molecule has 37 heavy (non-hydrogen) atoms. The number of alkyl halides is 3. The van der Waals surface area contributed by atoms with E-state index >= 15 is 0 Å². The fourth-order valence-electron chi connectivity index (χ4n) is 4.25. The first-order valence-electron chi connectivity index (χ1n) is 12.4. The van der Waals surface area contributed by atoms with Crippen LogP contribution in [0, 0.1) is 11.8 Å². The van der Waals surface area contributed by atoms with Crippen molar-refractivity contribution in [2.24, 2.45) is 17.6 Å². The molecule has 0 unspecified atom stereocenters. The molecule has 1 aliphatic carbocycles. The minimum absolute atomic E-state index is 0.0609. The van der Waals surface area contributed by atoms with Crippen LogP contribution in [0.1, 0.15) is 43.7 Å². The molecule has 11 heteroatoms. The van der Waals surface area contributed by atoms with E-state index in [-0.39, 0.29) is 24.9 Å². The van der Waals surface area contributed by atoms with Gasteiger partial charge in [0, 0.05) is 19.3 Å². The van der Waals surface area contributed by atoms with Gasteiger partial charge < -0.3 is 26.4 Å². The highest BCUT2D eigenvalue weighted by atomic mass is 19.4. The van der Waals surface area contributed by atoms with Crippen LogP contribution in [0.25, 0.3) is 0 Å². The number of pyridine rings is 1. The number of ether oxygens (including phenoxy) is 1. The van der Waals surface area contributed by atoms with Crippen LogP contribution >= 0.6 is 0 Å². The van der Waals surface area contributed by atoms with E-state index in [4.69, 9.17) is 10.5 Å². The third-order valence-electron chi connectivity index (χ3n) is 6.49. The van der Waals surface area contributed by atoms with E-state index in [1.165, 1.54) is 6.20 Å². The molecule has 0 bridgehead atoms. The van der Waals surface area contributed by atoms with E-state index in [0.29, 0.717) is 11.5 Å². The maximum Gasteiger partial charge on any atom is 0.408 e. The van der Waals surface area contributed by atoms with E-state index in [2.05, 4.69) is 27.9 Å². The summed E-state index contributed by atoms with van der Waals surface area (Å²) < 4.78 is 43.1. The summed E-state index contributed by atoms with van der Waals surface area (Å²) in [6.07, 6.45) is -0.233. The summed E-state index contributed by atoms with van der Waals surface area (Å²) >= 11 is 0. The van der Waals surface area contributed by atoms with Gasteiger partial charge in [0.25, 0.3) is 0 Å². The van der Waals surface area contributed by atoms with Crippen molar-refractivity contribution >= 4 is 17.8 Å². The highest BCUT2D eigenvalue weighted by molar-refractivity contribution is 5.96. The molecular formula is C26H34F3N5O3. The SMILES string of the molecule is CC1CCC([C@H](NC(=O)OCc2ccccc2)C(=O)Nc2cc(CNC[C@H](N)C(F)(F)F)ccn2)CC1. The van der Waals surface area contributed by atoms with Gasteiger partial charge in [-0.25, -0.2) is 9.78 Å². The number of rotatable bonds is 10. The maximum absolute atomic E-state index is 13.2. The Balaban J connectivity index is 1.61. The number of benzene rings is 1. The molecule has 2 atom stereocenters. The lowest BCUT2D eigenvalue weighted by Gasteiger charge is -2.32. The van der Waals surface area contributed by atoms with Gasteiger partial charge in [-0.3, -0.25) is 4.79 Å². The number of carbonyl (C=O) groups is 2. The Hall–Kier alpha value is -3.18. The normalized spacial score (nSPS) is 19.5. The van der Waals surface area contributed by atoms with Crippen molar-refractivity contribution < 1.29 is 27.5 Å². The molecule has 1 aromatic heterocycles. The van der Waals surface area contributed by atoms with Crippen molar-refractivity contribution in [3.8, 4) is 0 Å². The van der Waals surface area contributed by atoms with E-state index in [1.807, 2.05) is 30.3 Å².